The van der Waals surface area contributed by atoms with E-state index in [1.54, 1.807) is 13.0 Å². The molecule has 0 unspecified atom stereocenters. The zero-order valence-electron chi connectivity index (χ0n) is 19.0. The minimum Gasteiger partial charge on any atom is -0.496 e. The number of amides is 1. The monoisotopic (exact) mass is 536 g/mol. The zero-order chi connectivity index (χ0) is 25.1. The SMILES string of the molecule is COc1cccc(F)c1[C@H](CNC(=O)c1c(C)c(-c2ccccc2)nc2ccc(Br)cc12)C(=O)O. The van der Waals surface area contributed by atoms with E-state index in [0.717, 1.165) is 10.0 Å². The number of nitrogens with one attached hydrogen (secondary N) is 1. The molecule has 35 heavy (non-hydrogen) atoms. The van der Waals surface area contributed by atoms with Crippen LogP contribution in [0.4, 0.5) is 4.39 Å². The van der Waals surface area contributed by atoms with Gasteiger partial charge in [-0.25, -0.2) is 9.37 Å². The van der Waals surface area contributed by atoms with Gasteiger partial charge in [0.05, 0.1) is 23.9 Å². The number of fused-ring (bicyclic) bond motifs is 1. The Morgan fingerprint density at radius 1 is 1.11 bits per heavy atom. The van der Waals surface area contributed by atoms with E-state index >= 15 is 0 Å². The van der Waals surface area contributed by atoms with Gasteiger partial charge in [-0.1, -0.05) is 52.3 Å². The molecule has 0 bridgehead atoms. The number of carbonyl (C=O) groups excluding carboxylic acids is 1. The van der Waals surface area contributed by atoms with E-state index < -0.39 is 23.6 Å². The molecule has 4 rings (SSSR count). The number of carboxylic acid groups (broad SMARTS) is 1. The van der Waals surface area contributed by atoms with Crippen molar-refractivity contribution in [3.63, 3.8) is 0 Å². The predicted molar refractivity (Wildman–Crippen MR) is 135 cm³/mol. The Balaban J connectivity index is 1.76. The molecule has 0 aliphatic carbocycles. The standard InChI is InChI=1S/C27H22BrFN2O4/c1-15-23(18-13-17(28)11-12-21(18)31-25(15)16-7-4-3-5-8-16)26(32)30-14-19(27(33)34)24-20(29)9-6-10-22(24)35-2/h3-13,19H,14H2,1-2H3,(H,30,32)(H,33,34)/t19-/m0/s1. The highest BCUT2D eigenvalue weighted by molar-refractivity contribution is 9.10. The fourth-order valence-corrected chi connectivity index (χ4v) is 4.49. The second-order valence-electron chi connectivity index (χ2n) is 7.94. The maximum Gasteiger partial charge on any atom is 0.313 e. The van der Waals surface area contributed by atoms with E-state index in [-0.39, 0.29) is 17.9 Å². The second kappa shape index (κ2) is 10.2. The van der Waals surface area contributed by atoms with Gasteiger partial charge in [0, 0.05) is 27.5 Å². The van der Waals surface area contributed by atoms with Crippen LogP contribution in [0.1, 0.15) is 27.4 Å². The molecule has 8 heteroatoms. The average molecular weight is 537 g/mol. The Morgan fingerprint density at radius 2 is 1.86 bits per heavy atom. The highest BCUT2D eigenvalue weighted by atomic mass is 79.9. The van der Waals surface area contributed by atoms with E-state index in [9.17, 15) is 19.1 Å². The normalized spacial score (nSPS) is 11.8. The molecule has 4 aromatic rings. The van der Waals surface area contributed by atoms with Gasteiger partial charge in [-0.05, 0) is 42.8 Å². The van der Waals surface area contributed by atoms with Crippen molar-refractivity contribution < 1.29 is 23.8 Å². The quantitative estimate of drug-likeness (QED) is 0.315. The van der Waals surface area contributed by atoms with Gasteiger partial charge in [0.2, 0.25) is 0 Å². The number of methoxy groups -OCH3 is 1. The summed E-state index contributed by atoms with van der Waals surface area (Å²) < 4.78 is 20.5. The number of hydrogen-bond donors (Lipinski definition) is 2. The number of aromatic nitrogens is 1. The number of aliphatic carboxylic acids is 1. The maximum absolute atomic E-state index is 14.6. The van der Waals surface area contributed by atoms with Gasteiger partial charge in [0.1, 0.15) is 17.5 Å². The number of hydrogen-bond acceptors (Lipinski definition) is 4. The Morgan fingerprint density at radius 3 is 2.54 bits per heavy atom. The van der Waals surface area contributed by atoms with Gasteiger partial charge in [-0.15, -0.1) is 0 Å². The van der Waals surface area contributed by atoms with Crippen LogP contribution in [0.2, 0.25) is 0 Å². The summed E-state index contributed by atoms with van der Waals surface area (Å²) in [5.41, 5.74) is 3.02. The first-order valence-corrected chi connectivity index (χ1v) is 11.6. The molecule has 0 aliphatic heterocycles. The molecule has 0 radical (unpaired) electrons. The number of rotatable bonds is 7. The summed E-state index contributed by atoms with van der Waals surface area (Å²) >= 11 is 3.45. The van der Waals surface area contributed by atoms with Crippen molar-refractivity contribution in [2.75, 3.05) is 13.7 Å². The molecular weight excluding hydrogens is 515 g/mol. The molecule has 6 nitrogen and oxygen atoms in total. The van der Waals surface area contributed by atoms with E-state index in [1.807, 2.05) is 42.5 Å². The van der Waals surface area contributed by atoms with Crippen LogP contribution in [0, 0.1) is 12.7 Å². The molecule has 0 saturated heterocycles. The van der Waals surface area contributed by atoms with Crippen molar-refractivity contribution in [2.24, 2.45) is 0 Å². The number of ether oxygens (including phenoxy) is 1. The highest BCUT2D eigenvalue weighted by Crippen LogP contribution is 2.32. The van der Waals surface area contributed by atoms with Crippen LogP contribution < -0.4 is 10.1 Å². The fraction of sp³-hybridized carbons (Fsp3) is 0.148. The lowest BCUT2D eigenvalue weighted by molar-refractivity contribution is -0.138. The molecule has 0 aliphatic rings. The Kier molecular flexibility index (Phi) is 7.12. The molecule has 1 atom stereocenters. The first kappa shape index (κ1) is 24.3. The smallest absolute Gasteiger partial charge is 0.313 e. The van der Waals surface area contributed by atoms with Crippen molar-refractivity contribution in [1.82, 2.24) is 10.3 Å². The highest BCUT2D eigenvalue weighted by Gasteiger charge is 2.28. The van der Waals surface area contributed by atoms with Crippen LogP contribution >= 0.6 is 15.9 Å². The topological polar surface area (TPSA) is 88.5 Å². The summed E-state index contributed by atoms with van der Waals surface area (Å²) in [6, 6.07) is 19.0. The average Bonchev–Trinajstić information content (AvgIpc) is 2.84. The van der Waals surface area contributed by atoms with Crippen LogP contribution in [0.25, 0.3) is 22.2 Å². The van der Waals surface area contributed by atoms with Crippen LogP contribution in [0.15, 0.2) is 71.2 Å². The third-order valence-corrected chi connectivity index (χ3v) is 6.30. The fourth-order valence-electron chi connectivity index (χ4n) is 4.13. The van der Waals surface area contributed by atoms with Gasteiger partial charge in [-0.2, -0.15) is 0 Å². The van der Waals surface area contributed by atoms with Crippen molar-refractivity contribution >= 4 is 38.7 Å². The molecule has 0 saturated carbocycles. The lowest BCUT2D eigenvalue weighted by atomic mass is 9.95. The van der Waals surface area contributed by atoms with Gasteiger partial charge in [-0.3, -0.25) is 9.59 Å². The number of carboxylic acids is 1. The molecular formula is C27H22BrFN2O4. The predicted octanol–water partition coefficient (Wildman–Crippen LogP) is 5.72. The number of carbonyl (C=O) groups is 2. The van der Waals surface area contributed by atoms with Crippen molar-refractivity contribution in [2.45, 2.75) is 12.8 Å². The molecule has 178 valence electrons. The number of pyridine rings is 1. The second-order valence-corrected chi connectivity index (χ2v) is 8.86. The van der Waals surface area contributed by atoms with Gasteiger partial charge in [0.25, 0.3) is 5.91 Å². The Hall–Kier alpha value is -3.78. The van der Waals surface area contributed by atoms with Gasteiger partial charge >= 0.3 is 5.97 Å². The minimum atomic E-state index is -1.34. The summed E-state index contributed by atoms with van der Waals surface area (Å²) in [6.07, 6.45) is 0. The van der Waals surface area contributed by atoms with Crippen molar-refractivity contribution in [1.29, 1.82) is 0 Å². The largest absolute Gasteiger partial charge is 0.496 e. The van der Waals surface area contributed by atoms with Crippen LogP contribution in [0.3, 0.4) is 0 Å². The van der Waals surface area contributed by atoms with E-state index in [4.69, 9.17) is 9.72 Å². The molecule has 3 aromatic carbocycles. The number of nitrogens with zero attached hydrogens (tertiary/aromatic N) is 1. The Labute approximate surface area is 209 Å². The lowest BCUT2D eigenvalue weighted by Gasteiger charge is -2.19. The summed E-state index contributed by atoms with van der Waals surface area (Å²) in [5.74, 6) is -3.72. The summed E-state index contributed by atoms with van der Waals surface area (Å²) in [5, 5.41) is 13.1. The number of halogens is 2. The molecule has 1 aromatic heterocycles. The Bertz CT molecular complexity index is 1430. The van der Waals surface area contributed by atoms with Gasteiger partial charge < -0.3 is 15.2 Å². The first-order valence-electron chi connectivity index (χ1n) is 10.8. The van der Waals surface area contributed by atoms with Crippen molar-refractivity contribution in [3.05, 3.63) is 93.7 Å². The lowest BCUT2D eigenvalue weighted by Crippen LogP contribution is -2.33. The minimum absolute atomic E-state index is 0.104. The van der Waals surface area contributed by atoms with Crippen molar-refractivity contribution in [3.8, 4) is 17.0 Å². The van der Waals surface area contributed by atoms with E-state index in [1.165, 1.54) is 25.3 Å². The first-order chi connectivity index (χ1) is 16.8. The molecule has 0 spiro atoms. The third-order valence-electron chi connectivity index (χ3n) is 5.81. The van der Waals surface area contributed by atoms with Gasteiger partial charge in [0.15, 0.2) is 0 Å². The van der Waals surface area contributed by atoms with Crippen LogP contribution in [-0.2, 0) is 4.79 Å². The molecule has 2 N–H and O–H groups in total. The maximum atomic E-state index is 14.6. The zero-order valence-corrected chi connectivity index (χ0v) is 20.6. The molecule has 1 amide bonds. The molecule has 1 heterocycles. The van der Waals surface area contributed by atoms with Crippen LogP contribution in [-0.4, -0.2) is 35.6 Å². The summed E-state index contributed by atoms with van der Waals surface area (Å²) in [6.45, 7) is 1.47. The third kappa shape index (κ3) is 4.88. The summed E-state index contributed by atoms with van der Waals surface area (Å²) in [4.78, 5) is 30.3. The number of benzene rings is 3. The van der Waals surface area contributed by atoms with E-state index in [2.05, 4.69) is 21.2 Å². The molecule has 0 fully saturated rings. The van der Waals surface area contributed by atoms with Crippen LogP contribution in [0.5, 0.6) is 5.75 Å². The van der Waals surface area contributed by atoms with E-state index in [0.29, 0.717) is 27.7 Å². The summed E-state index contributed by atoms with van der Waals surface area (Å²) in [7, 11) is 1.34.